The number of ether oxygens (including phenoxy) is 3. The normalized spacial score (nSPS) is 31.5. The first-order valence-corrected chi connectivity index (χ1v) is 20.7. The number of anilines is 1. The average Bonchev–Trinajstić information content (AvgIpc) is 3.27. The molecule has 52 heavy (non-hydrogen) atoms. The van der Waals surface area contributed by atoms with E-state index >= 15 is 4.39 Å². The molecule has 0 saturated carbocycles. The molecule has 5 aliphatic rings. The lowest BCUT2D eigenvalue weighted by Gasteiger charge is -2.50. The number of aliphatic hydroxyl groups excluding tert-OH is 1. The molecule has 4 aliphatic heterocycles. The van der Waals surface area contributed by atoms with Gasteiger partial charge in [0.25, 0.3) is 5.91 Å². The number of carbonyl (C=O) groups is 1. The van der Waals surface area contributed by atoms with Gasteiger partial charge in [0, 0.05) is 61.5 Å². The standard InChI is InChI=1S/C39H51ClFN3O7S/c1-25-5-9-33(41)37(35(45)22-50-21-27-12-16-49-17-13-27)44-15-11-31(44)20-43-23-39(14-3-4-28-18-30(40)7-8-32(28)39)24-51-36-10-6-29(19-34(36)43)38(46)42-52(47,48)26(25)2/h6-10,18-19,25-27,31,35,37,45H,3-5,11-17,20-24H2,1-2H3,(H,42,46)/b33-9-/t25-,26+,31-,35-,37+,39-/m0/s1. The Morgan fingerprint density at radius 3 is 2.73 bits per heavy atom. The molecule has 1 aliphatic carbocycles. The summed E-state index contributed by atoms with van der Waals surface area (Å²) in [5.41, 5.74) is 2.88. The molecule has 284 valence electrons. The van der Waals surface area contributed by atoms with Gasteiger partial charge in [0.15, 0.2) is 0 Å². The van der Waals surface area contributed by atoms with Crippen LogP contribution in [0.1, 0.15) is 73.9 Å². The molecular formula is C39H51ClFN3O7S. The minimum absolute atomic E-state index is 0.0227. The maximum atomic E-state index is 16.5. The van der Waals surface area contributed by atoms with Crippen LogP contribution in [0, 0.1) is 11.8 Å². The molecule has 0 aromatic heterocycles. The molecule has 2 bridgehead atoms. The van der Waals surface area contributed by atoms with E-state index in [0.29, 0.717) is 68.4 Å². The van der Waals surface area contributed by atoms with Gasteiger partial charge in [-0.15, -0.1) is 0 Å². The molecule has 2 aromatic rings. The SMILES string of the molecule is C[C@@H]1[C@@H](C)C/C=C(\F)[C@H]([C@@H](O)COCC2CCOCC2)N2CC[C@H]2CN2C[C@@]3(CCCc4cc(Cl)ccc43)COc3ccc(cc32)C(=O)NS1(=O)=O. The van der Waals surface area contributed by atoms with Gasteiger partial charge in [-0.1, -0.05) is 30.7 Å². The van der Waals surface area contributed by atoms with Crippen LogP contribution in [0.3, 0.4) is 0 Å². The molecule has 0 unspecified atom stereocenters. The van der Waals surface area contributed by atoms with Crippen LogP contribution in [0.25, 0.3) is 0 Å². The molecule has 7 rings (SSSR count). The maximum Gasteiger partial charge on any atom is 0.264 e. The highest BCUT2D eigenvalue weighted by molar-refractivity contribution is 7.90. The van der Waals surface area contributed by atoms with Crippen LogP contribution >= 0.6 is 11.6 Å². The van der Waals surface area contributed by atoms with E-state index in [-0.39, 0.29) is 30.0 Å². The topological polar surface area (TPSA) is 118 Å². The van der Waals surface area contributed by atoms with Crippen molar-refractivity contribution in [2.24, 2.45) is 11.8 Å². The fraction of sp³-hybridized carbons (Fsp3) is 0.615. The lowest BCUT2D eigenvalue weighted by molar-refractivity contribution is -0.0610. The Morgan fingerprint density at radius 1 is 1.15 bits per heavy atom. The van der Waals surface area contributed by atoms with Crippen LogP contribution in [0.15, 0.2) is 48.3 Å². The van der Waals surface area contributed by atoms with Gasteiger partial charge < -0.3 is 24.2 Å². The summed E-state index contributed by atoms with van der Waals surface area (Å²) in [7, 11) is -4.11. The number of halogens is 2. The second-order valence-electron chi connectivity index (χ2n) is 15.6. The predicted molar refractivity (Wildman–Crippen MR) is 198 cm³/mol. The Balaban J connectivity index is 1.25. The number of hydrogen-bond acceptors (Lipinski definition) is 9. The molecule has 2 saturated heterocycles. The van der Waals surface area contributed by atoms with E-state index in [1.54, 1.807) is 25.1 Å². The van der Waals surface area contributed by atoms with E-state index in [1.165, 1.54) is 24.1 Å². The molecule has 1 spiro atoms. The first-order valence-electron chi connectivity index (χ1n) is 18.8. The molecule has 2 aromatic carbocycles. The van der Waals surface area contributed by atoms with Crippen LogP contribution in [0.4, 0.5) is 10.1 Å². The number of aryl methyl sites for hydroxylation is 1. The number of hydrogen-bond donors (Lipinski definition) is 2. The average molecular weight is 760 g/mol. The number of carbonyl (C=O) groups excluding carboxylic acids is 1. The second kappa shape index (κ2) is 15.5. The lowest BCUT2D eigenvalue weighted by Crippen LogP contribution is -2.62. The van der Waals surface area contributed by atoms with Crippen LogP contribution in [-0.2, 0) is 31.3 Å². The molecule has 2 fully saturated rings. The summed E-state index contributed by atoms with van der Waals surface area (Å²) in [6.45, 7) is 7.13. The number of aliphatic hydroxyl groups is 1. The number of sulfonamides is 1. The number of allylic oxidation sites excluding steroid dienone is 1. The summed E-state index contributed by atoms with van der Waals surface area (Å²) in [5.74, 6) is -0.810. The maximum absolute atomic E-state index is 16.5. The third-order valence-corrected chi connectivity index (χ3v) is 14.3. The van der Waals surface area contributed by atoms with Gasteiger partial charge in [-0.05, 0) is 105 Å². The highest BCUT2D eigenvalue weighted by Gasteiger charge is 2.45. The van der Waals surface area contributed by atoms with Gasteiger partial charge in [-0.3, -0.25) is 9.69 Å². The quantitative estimate of drug-likeness (QED) is 0.414. The van der Waals surface area contributed by atoms with Crippen molar-refractivity contribution in [3.05, 3.63) is 70.0 Å². The van der Waals surface area contributed by atoms with Gasteiger partial charge in [0.2, 0.25) is 10.0 Å². The molecule has 4 heterocycles. The van der Waals surface area contributed by atoms with Crippen molar-refractivity contribution in [2.75, 3.05) is 57.6 Å². The van der Waals surface area contributed by atoms with Crippen LogP contribution < -0.4 is 14.4 Å². The Labute approximate surface area is 311 Å². The Kier molecular flexibility index (Phi) is 11.2. The molecule has 0 radical (unpaired) electrons. The third-order valence-electron chi connectivity index (χ3n) is 12.1. The summed E-state index contributed by atoms with van der Waals surface area (Å²) in [6.07, 6.45) is 5.71. The Bertz CT molecular complexity index is 1770. The molecular weight excluding hydrogens is 709 g/mol. The van der Waals surface area contributed by atoms with E-state index in [4.69, 9.17) is 25.8 Å². The molecule has 13 heteroatoms. The van der Waals surface area contributed by atoms with E-state index < -0.39 is 45.1 Å². The van der Waals surface area contributed by atoms with E-state index in [9.17, 15) is 18.3 Å². The number of amides is 1. The molecule has 2 N–H and O–H groups in total. The molecule has 10 nitrogen and oxygen atoms in total. The minimum atomic E-state index is -4.11. The van der Waals surface area contributed by atoms with Gasteiger partial charge in [-0.2, -0.15) is 0 Å². The summed E-state index contributed by atoms with van der Waals surface area (Å²) < 4.78 is 63.7. The number of nitrogens with one attached hydrogen (secondary N) is 1. The number of benzene rings is 2. The first-order chi connectivity index (χ1) is 24.9. The van der Waals surface area contributed by atoms with Crippen LogP contribution in [0.2, 0.25) is 5.02 Å². The predicted octanol–water partition coefficient (Wildman–Crippen LogP) is 5.40. The lowest BCUT2D eigenvalue weighted by atomic mass is 9.70. The van der Waals surface area contributed by atoms with Crippen molar-refractivity contribution >= 4 is 33.2 Å². The van der Waals surface area contributed by atoms with E-state index in [2.05, 4.69) is 15.7 Å². The smallest absolute Gasteiger partial charge is 0.264 e. The third kappa shape index (κ3) is 7.75. The molecule has 6 atom stereocenters. The van der Waals surface area contributed by atoms with Crippen molar-refractivity contribution < 1.29 is 36.9 Å². The van der Waals surface area contributed by atoms with Crippen LogP contribution in [0.5, 0.6) is 5.75 Å². The van der Waals surface area contributed by atoms with Crippen molar-refractivity contribution in [1.82, 2.24) is 9.62 Å². The fourth-order valence-corrected chi connectivity index (χ4v) is 10.1. The fourth-order valence-electron chi connectivity index (χ4n) is 8.65. The summed E-state index contributed by atoms with van der Waals surface area (Å²) >= 11 is 6.44. The minimum Gasteiger partial charge on any atom is -0.490 e. The zero-order valence-corrected chi connectivity index (χ0v) is 31.6. The first kappa shape index (κ1) is 37.6. The van der Waals surface area contributed by atoms with Gasteiger partial charge in [-0.25, -0.2) is 17.5 Å². The monoisotopic (exact) mass is 759 g/mol. The number of nitrogens with zero attached hydrogens (tertiary/aromatic N) is 2. The zero-order chi connectivity index (χ0) is 36.6. The van der Waals surface area contributed by atoms with Gasteiger partial charge in [0.05, 0.1) is 36.3 Å². The summed E-state index contributed by atoms with van der Waals surface area (Å²) in [6, 6.07) is 10.0. The van der Waals surface area contributed by atoms with Crippen molar-refractivity contribution in [2.45, 2.75) is 87.6 Å². The van der Waals surface area contributed by atoms with Crippen molar-refractivity contribution in [1.29, 1.82) is 0 Å². The summed E-state index contributed by atoms with van der Waals surface area (Å²) in [5, 5.41) is 11.3. The van der Waals surface area contributed by atoms with Crippen molar-refractivity contribution in [3.63, 3.8) is 0 Å². The number of rotatable bonds is 5. The second-order valence-corrected chi connectivity index (χ2v) is 18.0. The molecule has 1 amide bonds. The van der Waals surface area contributed by atoms with Crippen molar-refractivity contribution in [3.8, 4) is 5.75 Å². The highest BCUT2D eigenvalue weighted by Crippen LogP contribution is 2.45. The highest BCUT2D eigenvalue weighted by atomic mass is 35.5. The van der Waals surface area contributed by atoms with Gasteiger partial charge >= 0.3 is 0 Å². The van der Waals surface area contributed by atoms with E-state index in [0.717, 1.165) is 38.5 Å². The van der Waals surface area contributed by atoms with Gasteiger partial charge in [0.1, 0.15) is 11.6 Å². The van der Waals surface area contributed by atoms with Crippen LogP contribution in [-0.4, -0.2) is 100 Å². The Morgan fingerprint density at radius 2 is 1.96 bits per heavy atom. The zero-order valence-electron chi connectivity index (χ0n) is 30.1. The Hall–Kier alpha value is -2.74. The number of fused-ring (bicyclic) bond motifs is 4. The summed E-state index contributed by atoms with van der Waals surface area (Å²) in [4.78, 5) is 17.8. The largest absolute Gasteiger partial charge is 0.490 e. The van der Waals surface area contributed by atoms with E-state index in [1.807, 2.05) is 17.0 Å².